The lowest BCUT2D eigenvalue weighted by Crippen LogP contribution is -2.43. The summed E-state index contributed by atoms with van der Waals surface area (Å²) in [6, 6.07) is 6.51. The van der Waals surface area contributed by atoms with Gasteiger partial charge in [0.05, 0.1) is 4.92 Å². The highest BCUT2D eigenvalue weighted by atomic mass is 16.6. The van der Waals surface area contributed by atoms with Gasteiger partial charge in [-0.25, -0.2) is 0 Å². The maximum atomic E-state index is 10.7. The van der Waals surface area contributed by atoms with Crippen LogP contribution in [-0.2, 0) is 0 Å². The number of hydrogen-bond donors (Lipinski definition) is 2. The molecule has 18 heavy (non-hydrogen) atoms. The van der Waals surface area contributed by atoms with Gasteiger partial charge in [-0.1, -0.05) is 19.9 Å². The summed E-state index contributed by atoms with van der Waals surface area (Å²) in [4.78, 5) is 10.3. The zero-order chi connectivity index (χ0) is 13.8. The number of non-ortho nitro benzene ring substituents is 1. The van der Waals surface area contributed by atoms with Gasteiger partial charge in [-0.15, -0.1) is 0 Å². The van der Waals surface area contributed by atoms with Crippen molar-refractivity contribution in [2.24, 2.45) is 11.7 Å². The Morgan fingerprint density at radius 1 is 1.50 bits per heavy atom. The molecule has 1 unspecified atom stereocenters. The maximum absolute atomic E-state index is 10.7. The largest absolute Gasteiger partial charge is 0.378 e. The van der Waals surface area contributed by atoms with E-state index in [1.807, 2.05) is 13.0 Å². The Hall–Kier alpha value is -1.62. The van der Waals surface area contributed by atoms with E-state index in [0.717, 1.165) is 12.1 Å². The number of anilines is 1. The highest BCUT2D eigenvalue weighted by Crippen LogP contribution is 2.24. The van der Waals surface area contributed by atoms with E-state index in [9.17, 15) is 10.1 Å². The number of nitro groups is 1. The molecular formula is C13H21N3O2. The topological polar surface area (TPSA) is 81.2 Å². The van der Waals surface area contributed by atoms with Crippen LogP contribution >= 0.6 is 0 Å². The van der Waals surface area contributed by atoms with Gasteiger partial charge in [-0.2, -0.15) is 0 Å². The quantitative estimate of drug-likeness (QED) is 0.601. The molecule has 0 bridgehead atoms. The van der Waals surface area contributed by atoms with Crippen LogP contribution in [-0.4, -0.2) is 17.0 Å². The Bertz CT molecular complexity index is 420. The highest BCUT2D eigenvalue weighted by molar-refractivity contribution is 5.52. The average molecular weight is 251 g/mol. The number of nitrogens with two attached hydrogens (primary N) is 1. The van der Waals surface area contributed by atoms with Crippen molar-refractivity contribution >= 4 is 11.4 Å². The molecule has 0 aliphatic heterocycles. The van der Waals surface area contributed by atoms with Gasteiger partial charge in [0.2, 0.25) is 0 Å². The van der Waals surface area contributed by atoms with Crippen LogP contribution in [0, 0.1) is 16.0 Å². The molecule has 0 aromatic heterocycles. The first-order valence-electron chi connectivity index (χ1n) is 6.09. The Balaban J connectivity index is 2.87. The minimum atomic E-state index is -0.395. The lowest BCUT2D eigenvalue weighted by atomic mass is 9.90. The Kier molecular flexibility index (Phi) is 4.67. The van der Waals surface area contributed by atoms with Crippen molar-refractivity contribution in [3.63, 3.8) is 0 Å². The minimum Gasteiger partial charge on any atom is -0.378 e. The van der Waals surface area contributed by atoms with Gasteiger partial charge in [0.1, 0.15) is 0 Å². The number of nitro benzene ring substituents is 1. The van der Waals surface area contributed by atoms with Crippen molar-refractivity contribution in [2.75, 3.05) is 11.9 Å². The molecule has 0 spiro atoms. The van der Waals surface area contributed by atoms with Crippen LogP contribution in [0.1, 0.15) is 27.2 Å². The van der Waals surface area contributed by atoms with E-state index in [1.165, 1.54) is 12.1 Å². The van der Waals surface area contributed by atoms with Crippen LogP contribution in [0.25, 0.3) is 0 Å². The van der Waals surface area contributed by atoms with E-state index in [1.54, 1.807) is 6.07 Å². The molecule has 100 valence electrons. The molecule has 0 fully saturated rings. The summed E-state index contributed by atoms with van der Waals surface area (Å²) < 4.78 is 0. The molecule has 0 saturated heterocycles. The third-order valence-electron chi connectivity index (χ3n) is 2.81. The molecule has 0 aliphatic rings. The fourth-order valence-corrected chi connectivity index (χ4v) is 2.13. The summed E-state index contributed by atoms with van der Waals surface area (Å²) in [5, 5.41) is 14.0. The van der Waals surface area contributed by atoms with Crippen molar-refractivity contribution in [1.29, 1.82) is 0 Å². The van der Waals surface area contributed by atoms with Crippen molar-refractivity contribution in [3.8, 4) is 0 Å². The van der Waals surface area contributed by atoms with Crippen molar-refractivity contribution in [1.82, 2.24) is 0 Å². The molecular weight excluding hydrogens is 230 g/mol. The fraction of sp³-hybridized carbons (Fsp3) is 0.538. The number of nitrogens with zero attached hydrogens (tertiary/aromatic N) is 1. The molecule has 0 radical (unpaired) electrons. The zero-order valence-electron chi connectivity index (χ0n) is 11.1. The summed E-state index contributed by atoms with van der Waals surface area (Å²) in [5.41, 5.74) is 6.38. The number of hydrogen-bond acceptors (Lipinski definition) is 4. The molecule has 0 saturated carbocycles. The van der Waals surface area contributed by atoms with E-state index in [0.29, 0.717) is 12.5 Å². The van der Waals surface area contributed by atoms with E-state index < -0.39 is 4.92 Å². The van der Waals surface area contributed by atoms with Crippen LogP contribution in [0.15, 0.2) is 24.3 Å². The molecule has 0 amide bonds. The van der Waals surface area contributed by atoms with E-state index in [2.05, 4.69) is 19.2 Å². The van der Waals surface area contributed by atoms with Crippen LogP contribution in [0.2, 0.25) is 0 Å². The molecule has 0 aliphatic carbocycles. The molecule has 1 rings (SSSR count). The van der Waals surface area contributed by atoms with Gasteiger partial charge >= 0.3 is 0 Å². The molecule has 1 aromatic rings. The Labute approximate surface area is 108 Å². The monoisotopic (exact) mass is 251 g/mol. The lowest BCUT2D eigenvalue weighted by molar-refractivity contribution is -0.384. The number of benzene rings is 1. The van der Waals surface area contributed by atoms with Crippen molar-refractivity contribution < 1.29 is 4.92 Å². The second-order valence-electron chi connectivity index (χ2n) is 5.30. The van der Waals surface area contributed by atoms with Gasteiger partial charge in [-0.05, 0) is 25.3 Å². The van der Waals surface area contributed by atoms with Crippen LogP contribution < -0.4 is 11.1 Å². The maximum Gasteiger partial charge on any atom is 0.271 e. The van der Waals surface area contributed by atoms with E-state index in [4.69, 9.17) is 5.73 Å². The second kappa shape index (κ2) is 5.82. The molecule has 1 atom stereocenters. The van der Waals surface area contributed by atoms with E-state index >= 15 is 0 Å². The van der Waals surface area contributed by atoms with Crippen LogP contribution in [0.4, 0.5) is 11.4 Å². The standard InChI is InChI=1S/C13H21N3O2/c1-10(2)8-13(3,9-14)15-11-5-4-6-12(7-11)16(17)18/h4-7,10,15H,8-9,14H2,1-3H3. The third-order valence-corrected chi connectivity index (χ3v) is 2.81. The number of nitrogens with one attached hydrogen (secondary N) is 1. The van der Waals surface area contributed by atoms with Crippen molar-refractivity contribution in [3.05, 3.63) is 34.4 Å². The first-order chi connectivity index (χ1) is 8.36. The lowest BCUT2D eigenvalue weighted by Gasteiger charge is -2.32. The van der Waals surface area contributed by atoms with E-state index in [-0.39, 0.29) is 11.2 Å². The predicted octanol–water partition coefficient (Wildman–Crippen LogP) is 2.77. The van der Waals surface area contributed by atoms with Crippen molar-refractivity contribution in [2.45, 2.75) is 32.7 Å². The van der Waals surface area contributed by atoms with Gasteiger partial charge < -0.3 is 11.1 Å². The van der Waals surface area contributed by atoms with Gasteiger partial charge in [0.15, 0.2) is 0 Å². The fourth-order valence-electron chi connectivity index (χ4n) is 2.13. The predicted molar refractivity (Wildman–Crippen MR) is 73.6 cm³/mol. The zero-order valence-corrected chi connectivity index (χ0v) is 11.1. The van der Waals surface area contributed by atoms with Gasteiger partial charge in [0.25, 0.3) is 5.69 Å². The smallest absolute Gasteiger partial charge is 0.271 e. The Morgan fingerprint density at radius 2 is 2.17 bits per heavy atom. The normalized spacial score (nSPS) is 14.3. The minimum absolute atomic E-state index is 0.0870. The summed E-state index contributed by atoms with van der Waals surface area (Å²) >= 11 is 0. The third kappa shape index (κ3) is 4.00. The van der Waals surface area contributed by atoms with Gasteiger partial charge in [-0.3, -0.25) is 10.1 Å². The van der Waals surface area contributed by atoms with Crippen LogP contribution in [0.5, 0.6) is 0 Å². The molecule has 0 heterocycles. The average Bonchev–Trinajstić information content (AvgIpc) is 2.28. The summed E-state index contributed by atoms with van der Waals surface area (Å²) in [5.74, 6) is 0.504. The highest BCUT2D eigenvalue weighted by Gasteiger charge is 2.23. The van der Waals surface area contributed by atoms with Gasteiger partial charge in [0, 0.05) is 29.9 Å². The first kappa shape index (κ1) is 14.4. The molecule has 5 nitrogen and oxygen atoms in total. The summed E-state index contributed by atoms with van der Waals surface area (Å²) in [6.45, 7) is 6.77. The molecule has 5 heteroatoms. The molecule has 1 aromatic carbocycles. The first-order valence-corrected chi connectivity index (χ1v) is 6.09. The molecule has 3 N–H and O–H groups in total. The Morgan fingerprint density at radius 3 is 2.67 bits per heavy atom. The summed E-state index contributed by atoms with van der Waals surface area (Å²) in [6.07, 6.45) is 0.909. The van der Waals surface area contributed by atoms with Crippen LogP contribution in [0.3, 0.4) is 0 Å². The summed E-state index contributed by atoms with van der Waals surface area (Å²) in [7, 11) is 0. The number of rotatable bonds is 6. The second-order valence-corrected chi connectivity index (χ2v) is 5.30. The SMILES string of the molecule is CC(C)CC(C)(CN)Nc1cccc([N+](=O)[O-])c1.